The van der Waals surface area contributed by atoms with Crippen LogP contribution in [0.5, 0.6) is 0 Å². The lowest BCUT2D eigenvalue weighted by molar-refractivity contribution is -0.216. The molecule has 1 aromatic rings. The van der Waals surface area contributed by atoms with Gasteiger partial charge in [0, 0.05) is 26.0 Å². The molecule has 0 aromatic carbocycles. The van der Waals surface area contributed by atoms with Crippen LogP contribution in [0, 0.1) is 5.41 Å². The normalized spacial score (nSPS) is 23.6. The van der Waals surface area contributed by atoms with Crippen LogP contribution >= 0.6 is 0 Å². The van der Waals surface area contributed by atoms with Crippen molar-refractivity contribution in [3.8, 4) is 0 Å². The number of alkyl halides is 3. The molecule has 0 radical (unpaired) electrons. The zero-order valence-electron chi connectivity index (χ0n) is 10.4. The van der Waals surface area contributed by atoms with E-state index in [1.165, 1.54) is 6.20 Å². The molecule has 106 valence electrons. The summed E-state index contributed by atoms with van der Waals surface area (Å²) in [6.45, 7) is -0.196. The predicted octanol–water partition coefficient (Wildman–Crippen LogP) is 0.578. The number of halogens is 3. The molecule has 0 saturated carbocycles. The number of nitrogens with zero attached hydrogens (tertiary/aromatic N) is 2. The number of carbonyl (C=O) groups is 1. The van der Waals surface area contributed by atoms with Gasteiger partial charge in [0.05, 0.1) is 6.54 Å². The van der Waals surface area contributed by atoms with E-state index in [1.807, 2.05) is 0 Å². The summed E-state index contributed by atoms with van der Waals surface area (Å²) in [5.74, 6) is -0.482. The lowest BCUT2D eigenvalue weighted by Crippen LogP contribution is -2.52. The van der Waals surface area contributed by atoms with Gasteiger partial charge in [0.1, 0.15) is 5.82 Å². The number of hydrogen-bond acceptors (Lipinski definition) is 3. The Morgan fingerprint density at radius 1 is 1.63 bits per heavy atom. The number of imidazole rings is 1. The van der Waals surface area contributed by atoms with Crippen LogP contribution in [0.2, 0.25) is 0 Å². The summed E-state index contributed by atoms with van der Waals surface area (Å²) in [6.07, 6.45) is -1.60. The van der Waals surface area contributed by atoms with Gasteiger partial charge in [-0.2, -0.15) is 13.2 Å². The third-order valence-corrected chi connectivity index (χ3v) is 3.46. The van der Waals surface area contributed by atoms with Crippen LogP contribution in [0.4, 0.5) is 13.2 Å². The molecular formula is C11H15F3N4O. The second kappa shape index (κ2) is 4.84. The number of aromatic nitrogens is 2. The highest BCUT2D eigenvalue weighted by Gasteiger charge is 2.61. The molecule has 1 fully saturated rings. The van der Waals surface area contributed by atoms with Gasteiger partial charge in [-0.3, -0.25) is 4.79 Å². The monoisotopic (exact) mass is 276 g/mol. The zero-order chi connectivity index (χ0) is 14.1. The highest BCUT2D eigenvalue weighted by molar-refractivity contribution is 5.84. The molecule has 1 unspecified atom stereocenters. The summed E-state index contributed by atoms with van der Waals surface area (Å²) in [4.78, 5) is 15.9. The Kier molecular flexibility index (Phi) is 3.53. The fourth-order valence-electron chi connectivity index (χ4n) is 2.15. The molecule has 2 heterocycles. The van der Waals surface area contributed by atoms with Gasteiger partial charge in [0.25, 0.3) is 0 Å². The lowest BCUT2D eigenvalue weighted by Gasteiger charge is -2.29. The minimum absolute atomic E-state index is 0.0137. The number of nitrogens with one attached hydrogen (secondary N) is 2. The maximum atomic E-state index is 13.1. The molecule has 5 nitrogen and oxygen atoms in total. The van der Waals surface area contributed by atoms with Gasteiger partial charge in [0.2, 0.25) is 5.91 Å². The topological polar surface area (TPSA) is 59.0 Å². The van der Waals surface area contributed by atoms with Crippen molar-refractivity contribution < 1.29 is 18.0 Å². The third kappa shape index (κ3) is 2.44. The molecule has 1 amide bonds. The van der Waals surface area contributed by atoms with Crippen LogP contribution in [0.15, 0.2) is 12.4 Å². The summed E-state index contributed by atoms with van der Waals surface area (Å²) >= 11 is 0. The van der Waals surface area contributed by atoms with Gasteiger partial charge in [-0.05, 0) is 13.0 Å². The van der Waals surface area contributed by atoms with Gasteiger partial charge in [-0.1, -0.05) is 0 Å². The van der Waals surface area contributed by atoms with Crippen LogP contribution in [-0.2, 0) is 18.4 Å². The van der Waals surface area contributed by atoms with E-state index in [9.17, 15) is 18.0 Å². The summed E-state index contributed by atoms with van der Waals surface area (Å²) in [5, 5.41) is 4.94. The van der Waals surface area contributed by atoms with E-state index >= 15 is 0 Å². The van der Waals surface area contributed by atoms with Crippen molar-refractivity contribution in [1.29, 1.82) is 0 Å². The van der Waals surface area contributed by atoms with Crippen LogP contribution in [-0.4, -0.2) is 34.7 Å². The van der Waals surface area contributed by atoms with Crippen LogP contribution < -0.4 is 10.6 Å². The van der Waals surface area contributed by atoms with E-state index in [0.717, 1.165) is 0 Å². The van der Waals surface area contributed by atoms with E-state index in [1.54, 1.807) is 17.8 Å². The Balaban J connectivity index is 2.07. The highest BCUT2D eigenvalue weighted by Crippen LogP contribution is 2.43. The molecule has 1 aromatic heterocycles. The minimum Gasteiger partial charge on any atom is -0.348 e. The Bertz CT molecular complexity index is 463. The van der Waals surface area contributed by atoms with Crippen LogP contribution in [0.3, 0.4) is 0 Å². The molecule has 19 heavy (non-hydrogen) atoms. The second-order valence-electron chi connectivity index (χ2n) is 4.64. The van der Waals surface area contributed by atoms with E-state index in [-0.39, 0.29) is 26.1 Å². The first-order valence-electron chi connectivity index (χ1n) is 5.89. The Morgan fingerprint density at radius 2 is 2.37 bits per heavy atom. The molecular weight excluding hydrogens is 261 g/mol. The molecule has 2 N–H and O–H groups in total. The van der Waals surface area contributed by atoms with Gasteiger partial charge in [-0.15, -0.1) is 0 Å². The lowest BCUT2D eigenvalue weighted by atomic mass is 9.85. The smallest absolute Gasteiger partial charge is 0.348 e. The first-order valence-corrected chi connectivity index (χ1v) is 5.89. The fourth-order valence-corrected chi connectivity index (χ4v) is 2.15. The number of aryl methyl sites for hydroxylation is 1. The van der Waals surface area contributed by atoms with Crippen molar-refractivity contribution in [3.63, 3.8) is 0 Å². The van der Waals surface area contributed by atoms with Crippen molar-refractivity contribution in [3.05, 3.63) is 18.2 Å². The van der Waals surface area contributed by atoms with Crippen LogP contribution in [0.1, 0.15) is 12.2 Å². The Hall–Kier alpha value is -1.57. The van der Waals surface area contributed by atoms with Crippen molar-refractivity contribution >= 4 is 5.91 Å². The maximum absolute atomic E-state index is 13.1. The van der Waals surface area contributed by atoms with Crippen molar-refractivity contribution in [2.45, 2.75) is 19.1 Å². The van der Waals surface area contributed by atoms with E-state index in [2.05, 4.69) is 15.6 Å². The van der Waals surface area contributed by atoms with Gasteiger partial charge in [-0.25, -0.2) is 4.98 Å². The summed E-state index contributed by atoms with van der Waals surface area (Å²) in [6, 6.07) is 0. The Morgan fingerprint density at radius 3 is 2.84 bits per heavy atom. The number of carbonyl (C=O) groups excluding carboxylic acids is 1. The molecule has 1 saturated heterocycles. The second-order valence-corrected chi connectivity index (χ2v) is 4.64. The molecule has 0 aliphatic carbocycles. The predicted molar refractivity (Wildman–Crippen MR) is 61.0 cm³/mol. The highest BCUT2D eigenvalue weighted by atomic mass is 19.4. The molecule has 1 atom stereocenters. The largest absolute Gasteiger partial charge is 0.404 e. The van der Waals surface area contributed by atoms with Crippen LogP contribution in [0.25, 0.3) is 0 Å². The summed E-state index contributed by atoms with van der Waals surface area (Å²) < 4.78 is 40.9. The molecule has 8 heteroatoms. The average Bonchev–Trinajstić information content (AvgIpc) is 2.94. The SMILES string of the molecule is Cn1ccnc1CNC(=O)C1(C(F)(F)F)CCNC1. The van der Waals surface area contributed by atoms with E-state index in [4.69, 9.17) is 0 Å². The van der Waals surface area contributed by atoms with E-state index in [0.29, 0.717) is 5.82 Å². The first-order chi connectivity index (χ1) is 8.87. The van der Waals surface area contributed by atoms with Gasteiger partial charge < -0.3 is 15.2 Å². The standard InChI is InChI=1S/C11H15F3N4O/c1-18-5-4-16-8(18)6-17-9(19)10(11(12,13)14)2-3-15-7-10/h4-5,15H,2-3,6-7H2,1H3,(H,17,19). The molecule has 2 rings (SSSR count). The van der Waals surface area contributed by atoms with Crippen molar-refractivity contribution in [2.75, 3.05) is 13.1 Å². The number of hydrogen-bond donors (Lipinski definition) is 2. The molecule has 0 bridgehead atoms. The summed E-state index contributed by atoms with van der Waals surface area (Å²) in [7, 11) is 1.71. The fraction of sp³-hybridized carbons (Fsp3) is 0.636. The Labute approximate surface area is 108 Å². The quantitative estimate of drug-likeness (QED) is 0.849. The molecule has 1 aliphatic rings. The minimum atomic E-state index is -4.55. The van der Waals surface area contributed by atoms with Gasteiger partial charge in [0.15, 0.2) is 5.41 Å². The van der Waals surface area contributed by atoms with E-state index < -0.39 is 17.5 Å². The first kappa shape index (κ1) is 13.9. The average molecular weight is 276 g/mol. The summed E-state index contributed by atoms with van der Waals surface area (Å²) in [5.41, 5.74) is -2.32. The van der Waals surface area contributed by atoms with Crippen molar-refractivity contribution in [1.82, 2.24) is 20.2 Å². The van der Waals surface area contributed by atoms with Crippen molar-refractivity contribution in [2.24, 2.45) is 12.5 Å². The number of rotatable bonds is 3. The van der Waals surface area contributed by atoms with Gasteiger partial charge >= 0.3 is 6.18 Å². The molecule has 1 aliphatic heterocycles. The number of amides is 1. The third-order valence-electron chi connectivity index (χ3n) is 3.46. The molecule has 0 spiro atoms. The zero-order valence-corrected chi connectivity index (χ0v) is 10.4. The maximum Gasteiger partial charge on any atom is 0.404 e.